The lowest BCUT2D eigenvalue weighted by molar-refractivity contribution is -0.142. The van der Waals surface area contributed by atoms with Crippen LogP contribution >= 0.6 is 15.9 Å². The van der Waals surface area contributed by atoms with Crippen LogP contribution in [-0.2, 0) is 16.1 Å². The summed E-state index contributed by atoms with van der Waals surface area (Å²) < 4.78 is 11.8. The molecule has 2 aromatic carbocycles. The number of nitrogens with one attached hydrogen (secondary N) is 1. The standard InChI is InChI=1S/C26H35BrN2O4/c1-7-18(4)28-26(31)19(5)29(15-20-8-11-22(32-6)12-9-20)25(30)16-33-24-13-10-21(17(2)3)14-23(24)27/h8-14,17-19H,7,15-16H2,1-6H3,(H,28,31)/t18-,19-/m1/s1. The van der Waals surface area contributed by atoms with Gasteiger partial charge in [0.05, 0.1) is 11.6 Å². The van der Waals surface area contributed by atoms with Crippen LogP contribution in [-0.4, -0.2) is 42.5 Å². The van der Waals surface area contributed by atoms with E-state index in [1.54, 1.807) is 18.9 Å². The number of nitrogens with zero attached hydrogens (tertiary/aromatic N) is 1. The first-order chi connectivity index (χ1) is 15.7. The SMILES string of the molecule is CC[C@@H](C)NC(=O)[C@@H](C)N(Cc1ccc(OC)cc1)C(=O)COc1ccc(C(C)C)cc1Br. The number of ether oxygens (including phenoxy) is 2. The molecule has 0 spiro atoms. The van der Waals surface area contributed by atoms with Crippen LogP contribution in [0.1, 0.15) is 58.1 Å². The molecule has 180 valence electrons. The third-order valence-corrected chi connectivity index (χ3v) is 6.27. The Morgan fingerprint density at radius 2 is 1.73 bits per heavy atom. The van der Waals surface area contributed by atoms with E-state index >= 15 is 0 Å². The van der Waals surface area contributed by atoms with Crippen LogP contribution in [0.5, 0.6) is 11.5 Å². The van der Waals surface area contributed by atoms with E-state index < -0.39 is 6.04 Å². The molecule has 2 rings (SSSR count). The second kappa shape index (κ2) is 12.6. The minimum atomic E-state index is -0.649. The quantitative estimate of drug-likeness (QED) is 0.438. The van der Waals surface area contributed by atoms with E-state index in [2.05, 4.69) is 35.1 Å². The molecule has 0 radical (unpaired) electrons. The highest BCUT2D eigenvalue weighted by Gasteiger charge is 2.27. The summed E-state index contributed by atoms with van der Waals surface area (Å²) in [7, 11) is 1.61. The molecule has 2 amide bonds. The molecule has 0 aromatic heterocycles. The van der Waals surface area contributed by atoms with Crippen molar-refractivity contribution in [3.8, 4) is 11.5 Å². The van der Waals surface area contributed by atoms with E-state index in [0.717, 1.165) is 22.2 Å². The summed E-state index contributed by atoms with van der Waals surface area (Å²) in [6.07, 6.45) is 0.814. The fraction of sp³-hybridized carbons (Fsp3) is 0.462. The van der Waals surface area contributed by atoms with Crippen molar-refractivity contribution in [1.29, 1.82) is 0 Å². The molecule has 0 heterocycles. The Morgan fingerprint density at radius 1 is 1.06 bits per heavy atom. The summed E-state index contributed by atoms with van der Waals surface area (Å²) in [5, 5.41) is 2.97. The minimum Gasteiger partial charge on any atom is -0.497 e. The molecule has 2 aromatic rings. The van der Waals surface area contributed by atoms with Gasteiger partial charge < -0.3 is 19.7 Å². The zero-order valence-corrected chi connectivity index (χ0v) is 21.9. The smallest absolute Gasteiger partial charge is 0.261 e. The highest BCUT2D eigenvalue weighted by Crippen LogP contribution is 2.29. The van der Waals surface area contributed by atoms with E-state index in [9.17, 15) is 9.59 Å². The van der Waals surface area contributed by atoms with Gasteiger partial charge in [0.25, 0.3) is 5.91 Å². The molecule has 0 aliphatic carbocycles. The molecule has 0 aliphatic heterocycles. The molecule has 0 saturated heterocycles. The lowest BCUT2D eigenvalue weighted by Crippen LogP contribution is -2.50. The van der Waals surface area contributed by atoms with Gasteiger partial charge in [0.15, 0.2) is 6.61 Å². The Bertz CT molecular complexity index is 930. The second-order valence-corrected chi connectivity index (χ2v) is 9.35. The average molecular weight is 519 g/mol. The molecule has 2 atom stereocenters. The lowest BCUT2D eigenvalue weighted by atomic mass is 10.0. The predicted octanol–water partition coefficient (Wildman–Crippen LogP) is 5.29. The van der Waals surface area contributed by atoms with E-state index in [0.29, 0.717) is 11.7 Å². The van der Waals surface area contributed by atoms with Crippen molar-refractivity contribution in [2.24, 2.45) is 0 Å². The Labute approximate surface area is 205 Å². The summed E-state index contributed by atoms with van der Waals surface area (Å²) in [6, 6.07) is 12.7. The fourth-order valence-electron chi connectivity index (χ4n) is 3.19. The Morgan fingerprint density at radius 3 is 2.27 bits per heavy atom. The van der Waals surface area contributed by atoms with Crippen LogP contribution < -0.4 is 14.8 Å². The van der Waals surface area contributed by atoms with Crippen molar-refractivity contribution in [2.45, 2.75) is 65.6 Å². The fourth-order valence-corrected chi connectivity index (χ4v) is 3.70. The first-order valence-corrected chi connectivity index (χ1v) is 12.1. The number of carbonyl (C=O) groups excluding carboxylic acids is 2. The Hall–Kier alpha value is -2.54. The molecular weight excluding hydrogens is 484 g/mol. The number of halogens is 1. The van der Waals surface area contributed by atoms with E-state index in [4.69, 9.17) is 9.47 Å². The number of hydrogen-bond donors (Lipinski definition) is 1. The third kappa shape index (κ3) is 7.77. The molecule has 7 heteroatoms. The van der Waals surface area contributed by atoms with Gasteiger partial charge in [-0.15, -0.1) is 0 Å². The highest BCUT2D eigenvalue weighted by atomic mass is 79.9. The summed E-state index contributed by atoms with van der Waals surface area (Å²) in [4.78, 5) is 27.6. The van der Waals surface area contributed by atoms with Crippen LogP contribution in [0.3, 0.4) is 0 Å². The Kier molecular flexibility index (Phi) is 10.2. The number of hydrogen-bond acceptors (Lipinski definition) is 4. The summed E-state index contributed by atoms with van der Waals surface area (Å²) in [6.45, 7) is 10.1. The zero-order chi connectivity index (χ0) is 24.5. The predicted molar refractivity (Wildman–Crippen MR) is 135 cm³/mol. The molecule has 1 N–H and O–H groups in total. The molecular formula is C26H35BrN2O4. The van der Waals surface area contributed by atoms with E-state index in [-0.39, 0.29) is 31.0 Å². The first-order valence-electron chi connectivity index (χ1n) is 11.3. The van der Waals surface area contributed by atoms with E-state index in [1.807, 2.05) is 56.3 Å². The maximum Gasteiger partial charge on any atom is 0.261 e. The number of rotatable bonds is 11. The van der Waals surface area contributed by atoms with Gasteiger partial charge in [-0.25, -0.2) is 0 Å². The third-order valence-electron chi connectivity index (χ3n) is 5.65. The number of benzene rings is 2. The van der Waals surface area contributed by atoms with Crippen LogP contribution in [0.15, 0.2) is 46.9 Å². The minimum absolute atomic E-state index is 0.0320. The van der Waals surface area contributed by atoms with Crippen molar-refractivity contribution in [1.82, 2.24) is 10.2 Å². The summed E-state index contributed by atoms with van der Waals surface area (Å²) in [5.74, 6) is 1.26. The molecule has 33 heavy (non-hydrogen) atoms. The summed E-state index contributed by atoms with van der Waals surface area (Å²) >= 11 is 3.53. The van der Waals surface area contributed by atoms with Crippen molar-refractivity contribution >= 4 is 27.7 Å². The number of carbonyl (C=O) groups is 2. The lowest BCUT2D eigenvalue weighted by Gasteiger charge is -2.29. The Balaban J connectivity index is 2.18. The molecule has 0 fully saturated rings. The van der Waals surface area contributed by atoms with Crippen molar-refractivity contribution < 1.29 is 19.1 Å². The number of amides is 2. The van der Waals surface area contributed by atoms with Crippen LogP contribution in [0.4, 0.5) is 0 Å². The van der Waals surface area contributed by atoms with Gasteiger partial charge in [-0.2, -0.15) is 0 Å². The van der Waals surface area contributed by atoms with Crippen LogP contribution in [0.25, 0.3) is 0 Å². The molecule has 0 saturated carbocycles. The van der Waals surface area contributed by atoms with Gasteiger partial charge in [-0.05, 0) is 77.5 Å². The summed E-state index contributed by atoms with van der Waals surface area (Å²) in [5.41, 5.74) is 2.08. The largest absolute Gasteiger partial charge is 0.497 e. The van der Waals surface area contributed by atoms with Crippen LogP contribution in [0, 0.1) is 0 Å². The zero-order valence-electron chi connectivity index (χ0n) is 20.4. The van der Waals surface area contributed by atoms with Crippen molar-refractivity contribution in [2.75, 3.05) is 13.7 Å². The van der Waals surface area contributed by atoms with Crippen LogP contribution in [0.2, 0.25) is 0 Å². The van der Waals surface area contributed by atoms with Gasteiger partial charge in [-0.1, -0.05) is 39.0 Å². The molecule has 6 nitrogen and oxygen atoms in total. The van der Waals surface area contributed by atoms with Crippen molar-refractivity contribution in [3.63, 3.8) is 0 Å². The van der Waals surface area contributed by atoms with Gasteiger partial charge in [0, 0.05) is 12.6 Å². The maximum atomic E-state index is 13.2. The first kappa shape index (κ1) is 26.7. The van der Waals surface area contributed by atoms with Crippen molar-refractivity contribution in [3.05, 3.63) is 58.1 Å². The second-order valence-electron chi connectivity index (χ2n) is 8.50. The number of methoxy groups -OCH3 is 1. The highest BCUT2D eigenvalue weighted by molar-refractivity contribution is 9.10. The molecule has 0 aliphatic rings. The monoisotopic (exact) mass is 518 g/mol. The average Bonchev–Trinajstić information content (AvgIpc) is 2.81. The van der Waals surface area contributed by atoms with E-state index in [1.165, 1.54) is 5.56 Å². The normalized spacial score (nSPS) is 12.7. The van der Waals surface area contributed by atoms with Gasteiger partial charge in [0.1, 0.15) is 17.5 Å². The molecule has 0 unspecified atom stereocenters. The topological polar surface area (TPSA) is 67.9 Å². The van der Waals surface area contributed by atoms with Gasteiger partial charge in [0.2, 0.25) is 5.91 Å². The van der Waals surface area contributed by atoms with Gasteiger partial charge in [-0.3, -0.25) is 9.59 Å². The molecule has 0 bridgehead atoms. The maximum absolute atomic E-state index is 13.2. The van der Waals surface area contributed by atoms with Gasteiger partial charge >= 0.3 is 0 Å².